The fraction of sp³-hybridized carbons (Fsp3) is 0.529. The van der Waals surface area contributed by atoms with Gasteiger partial charge < -0.3 is 14.4 Å². The Kier molecular flexibility index (Phi) is 4.71. The summed E-state index contributed by atoms with van der Waals surface area (Å²) in [5.74, 6) is -0.624. The van der Waals surface area contributed by atoms with Gasteiger partial charge in [-0.2, -0.15) is 4.98 Å². The first-order valence-corrected chi connectivity index (χ1v) is 9.86. The molecule has 0 amide bonds. The number of hydrogen-bond acceptors (Lipinski definition) is 10. The van der Waals surface area contributed by atoms with Gasteiger partial charge in [-0.05, 0) is 13.8 Å². The number of nitrogens with zero attached hydrogens (tertiary/aromatic N) is 4. The molecule has 1 atom stereocenters. The second kappa shape index (κ2) is 6.97. The molecule has 12 heteroatoms. The van der Waals surface area contributed by atoms with Gasteiger partial charge in [-0.15, -0.1) is 0 Å². The van der Waals surface area contributed by atoms with E-state index in [2.05, 4.69) is 4.98 Å². The van der Waals surface area contributed by atoms with Crippen LogP contribution in [0.3, 0.4) is 0 Å². The van der Waals surface area contributed by atoms with Gasteiger partial charge in [0.1, 0.15) is 10.3 Å². The smallest absolute Gasteiger partial charge is 0.297 e. The van der Waals surface area contributed by atoms with Gasteiger partial charge in [0.05, 0.1) is 27.9 Å². The third-order valence-corrected chi connectivity index (χ3v) is 6.42. The number of ether oxygens (including phenoxy) is 2. The van der Waals surface area contributed by atoms with Crippen molar-refractivity contribution in [1.82, 2.24) is 4.98 Å². The van der Waals surface area contributed by atoms with E-state index in [0.717, 1.165) is 17.4 Å². The highest BCUT2D eigenvalue weighted by molar-refractivity contribution is 7.22. The van der Waals surface area contributed by atoms with Crippen LogP contribution < -0.4 is 10.5 Å². The number of aromatic nitrogens is 1. The molecule has 0 saturated carbocycles. The minimum atomic E-state index is -0.730. The SMILES string of the molecule is Cc1c([N+](=O)[O-])cc2c(=O)nc(N3CCC4(CC3)OCC(C)O4)sc2c1[N+](=O)[O-]. The molecular weight excluding hydrogens is 404 g/mol. The van der Waals surface area contributed by atoms with E-state index in [0.29, 0.717) is 37.7 Å². The number of piperidine rings is 1. The number of fused-ring (bicyclic) bond motifs is 1. The highest BCUT2D eigenvalue weighted by Gasteiger charge is 2.43. The maximum atomic E-state index is 12.6. The largest absolute Gasteiger partial charge is 0.348 e. The molecule has 2 fully saturated rings. The average Bonchev–Trinajstić information content (AvgIpc) is 3.01. The van der Waals surface area contributed by atoms with Crippen LogP contribution in [0.25, 0.3) is 10.1 Å². The molecule has 0 aliphatic carbocycles. The molecule has 2 saturated heterocycles. The lowest BCUT2D eigenvalue weighted by Gasteiger charge is -2.37. The molecule has 29 heavy (non-hydrogen) atoms. The van der Waals surface area contributed by atoms with Crippen molar-refractivity contribution in [2.45, 2.75) is 38.6 Å². The maximum absolute atomic E-state index is 12.6. The fourth-order valence-corrected chi connectivity index (χ4v) is 5.01. The molecular formula is C17H18N4O7S. The Morgan fingerprint density at radius 3 is 2.52 bits per heavy atom. The highest BCUT2D eigenvalue weighted by atomic mass is 32.1. The standard InChI is InChI=1S/C17H18N4O7S/c1-9-8-27-17(28-9)3-5-19(6-4-17)16-18-15(22)11-7-12(20(23)24)10(2)13(21(25)26)14(11)29-16/h7,9H,3-6,8H2,1-2H3. The Balaban J connectivity index is 1.75. The molecule has 0 N–H and O–H groups in total. The molecule has 154 valence electrons. The summed E-state index contributed by atoms with van der Waals surface area (Å²) in [6, 6.07) is 1.07. The van der Waals surface area contributed by atoms with Crippen LogP contribution in [0.2, 0.25) is 0 Å². The lowest BCUT2D eigenvalue weighted by molar-refractivity contribution is -0.394. The Morgan fingerprint density at radius 1 is 1.28 bits per heavy atom. The molecule has 3 heterocycles. The Morgan fingerprint density at radius 2 is 1.97 bits per heavy atom. The Labute approximate surface area is 168 Å². The van der Waals surface area contributed by atoms with E-state index in [1.54, 1.807) is 0 Å². The van der Waals surface area contributed by atoms with Crippen LogP contribution >= 0.6 is 11.3 Å². The zero-order valence-electron chi connectivity index (χ0n) is 15.7. The molecule has 11 nitrogen and oxygen atoms in total. The van der Waals surface area contributed by atoms with Crippen LogP contribution in [0.4, 0.5) is 16.5 Å². The molecule has 2 aliphatic rings. The van der Waals surface area contributed by atoms with Gasteiger partial charge in [0.25, 0.3) is 16.9 Å². The van der Waals surface area contributed by atoms with Crippen molar-refractivity contribution in [1.29, 1.82) is 0 Å². The van der Waals surface area contributed by atoms with Crippen molar-refractivity contribution in [3.05, 3.63) is 42.2 Å². The van der Waals surface area contributed by atoms with Gasteiger partial charge in [-0.3, -0.25) is 25.0 Å². The number of nitro benzene ring substituents is 2. The van der Waals surface area contributed by atoms with Gasteiger partial charge in [-0.1, -0.05) is 11.3 Å². The van der Waals surface area contributed by atoms with E-state index in [9.17, 15) is 25.0 Å². The second-order valence-corrected chi connectivity index (χ2v) is 8.18. The summed E-state index contributed by atoms with van der Waals surface area (Å²) >= 11 is 0.998. The van der Waals surface area contributed by atoms with E-state index in [-0.39, 0.29) is 21.8 Å². The summed E-state index contributed by atoms with van der Waals surface area (Å²) in [4.78, 5) is 39.9. The normalized spacial score (nSPS) is 21.0. The van der Waals surface area contributed by atoms with Crippen LogP contribution in [-0.4, -0.2) is 46.4 Å². The third kappa shape index (κ3) is 3.32. The van der Waals surface area contributed by atoms with E-state index in [1.165, 1.54) is 6.92 Å². The van der Waals surface area contributed by atoms with E-state index < -0.39 is 32.6 Å². The minimum absolute atomic E-state index is 0.0258. The predicted molar refractivity (Wildman–Crippen MR) is 105 cm³/mol. The number of rotatable bonds is 3. The van der Waals surface area contributed by atoms with Crippen molar-refractivity contribution in [2.75, 3.05) is 24.6 Å². The van der Waals surface area contributed by atoms with Crippen molar-refractivity contribution >= 4 is 37.9 Å². The lowest BCUT2D eigenvalue weighted by atomic mass is 10.0. The monoisotopic (exact) mass is 422 g/mol. The summed E-state index contributed by atoms with van der Waals surface area (Å²) in [6.45, 7) is 4.82. The van der Waals surface area contributed by atoms with Crippen LogP contribution in [-0.2, 0) is 9.47 Å². The third-order valence-electron chi connectivity index (χ3n) is 5.27. The van der Waals surface area contributed by atoms with E-state index in [1.807, 2.05) is 11.8 Å². The first-order valence-electron chi connectivity index (χ1n) is 9.05. The molecule has 2 aromatic rings. The number of anilines is 1. The predicted octanol–water partition coefficient (Wildman–Crippen LogP) is 2.51. The topological polar surface area (TPSA) is 138 Å². The second-order valence-electron chi connectivity index (χ2n) is 7.20. The molecule has 4 rings (SSSR count). The van der Waals surface area contributed by atoms with E-state index >= 15 is 0 Å². The summed E-state index contributed by atoms with van der Waals surface area (Å²) in [6.07, 6.45) is 1.19. The quantitative estimate of drug-likeness (QED) is 0.539. The van der Waals surface area contributed by atoms with Crippen molar-refractivity contribution in [3.63, 3.8) is 0 Å². The summed E-state index contributed by atoms with van der Waals surface area (Å²) in [7, 11) is 0. The average molecular weight is 422 g/mol. The minimum Gasteiger partial charge on any atom is -0.348 e. The molecule has 2 aliphatic heterocycles. The molecule has 1 aromatic carbocycles. The van der Waals surface area contributed by atoms with Crippen molar-refractivity contribution in [2.24, 2.45) is 0 Å². The Hall–Kier alpha value is -2.70. The molecule has 1 aromatic heterocycles. The van der Waals surface area contributed by atoms with Gasteiger partial charge >= 0.3 is 0 Å². The lowest BCUT2D eigenvalue weighted by Crippen LogP contribution is -2.45. The number of nitro groups is 2. The van der Waals surface area contributed by atoms with Gasteiger partial charge in [0.15, 0.2) is 10.9 Å². The van der Waals surface area contributed by atoms with Gasteiger partial charge in [0, 0.05) is 32.0 Å². The number of benzene rings is 1. The molecule has 0 radical (unpaired) electrons. The highest BCUT2D eigenvalue weighted by Crippen LogP contribution is 2.40. The van der Waals surface area contributed by atoms with Crippen LogP contribution in [0.5, 0.6) is 0 Å². The maximum Gasteiger partial charge on any atom is 0.297 e. The molecule has 1 spiro atoms. The zero-order valence-corrected chi connectivity index (χ0v) is 16.6. The summed E-state index contributed by atoms with van der Waals surface area (Å²) in [5, 5.41) is 23.1. The zero-order chi connectivity index (χ0) is 20.9. The summed E-state index contributed by atoms with van der Waals surface area (Å²) in [5.41, 5.74) is -1.70. The van der Waals surface area contributed by atoms with E-state index in [4.69, 9.17) is 9.47 Å². The van der Waals surface area contributed by atoms with Crippen LogP contribution in [0.1, 0.15) is 25.3 Å². The number of hydrogen-bond donors (Lipinski definition) is 0. The summed E-state index contributed by atoms with van der Waals surface area (Å²) < 4.78 is 11.8. The molecule has 1 unspecified atom stereocenters. The molecule has 0 bridgehead atoms. The van der Waals surface area contributed by atoms with Gasteiger partial charge in [-0.25, -0.2) is 0 Å². The van der Waals surface area contributed by atoms with Gasteiger partial charge in [0.2, 0.25) is 0 Å². The van der Waals surface area contributed by atoms with Crippen LogP contribution in [0, 0.1) is 27.2 Å². The first-order chi connectivity index (χ1) is 13.7. The first kappa shape index (κ1) is 19.6. The fourth-order valence-electron chi connectivity index (χ4n) is 3.80. The van der Waals surface area contributed by atoms with Crippen molar-refractivity contribution < 1.29 is 19.3 Å². The van der Waals surface area contributed by atoms with Crippen molar-refractivity contribution in [3.8, 4) is 0 Å². The Bertz CT molecular complexity index is 1080. The van der Waals surface area contributed by atoms with Crippen LogP contribution in [0.15, 0.2) is 10.9 Å².